The number of aliphatic hydroxyl groups excluding tert-OH is 11. The first-order valence-corrected chi connectivity index (χ1v) is 30.1. The maximum Gasteiger partial charge on any atom is 0.397 e. The van der Waals surface area contributed by atoms with Crippen LogP contribution in [0.4, 0.5) is 0 Å². The van der Waals surface area contributed by atoms with Crippen molar-refractivity contribution in [3.8, 4) is 0 Å². The lowest BCUT2D eigenvalue weighted by Crippen LogP contribution is -2.32. The Bertz CT molecular complexity index is 2400. The summed E-state index contributed by atoms with van der Waals surface area (Å²) in [5.41, 5.74) is 10.8. The van der Waals surface area contributed by atoms with Gasteiger partial charge in [-0.1, -0.05) is 173 Å². The summed E-state index contributed by atoms with van der Waals surface area (Å²) in [6.07, 6.45) is 30.9. The molecular weight excluding hydrogens is 1120 g/mol. The fraction of sp³-hybridized carbons (Fsp3) is 0.540. The molecule has 0 bridgehead atoms. The second kappa shape index (κ2) is 47.6. The third-order valence-electron chi connectivity index (χ3n) is 13.1. The average molecular weight is 1220 g/mol. The lowest BCUT2D eigenvalue weighted by molar-refractivity contribution is -0.132. The van der Waals surface area contributed by atoms with Crippen molar-refractivity contribution in [2.75, 3.05) is 6.54 Å². The smallest absolute Gasteiger partial charge is 0.397 e. The molecule has 15 unspecified atom stereocenters. The van der Waals surface area contributed by atoms with E-state index in [-0.39, 0.29) is 75.2 Å². The second-order valence-corrected chi connectivity index (χ2v) is 22.1. The van der Waals surface area contributed by atoms with E-state index in [2.05, 4.69) is 4.99 Å². The first kappa shape index (κ1) is 79.5. The molecule has 21 nitrogen and oxygen atoms in total. The molecule has 0 aromatic rings. The number of allylic oxidation sites excluding steroid dienone is 16. The number of carboxylic acid groups (broad SMARTS) is 1. The van der Waals surface area contributed by atoms with Crippen LogP contribution in [0.1, 0.15) is 118 Å². The Morgan fingerprint density at radius 3 is 1.52 bits per heavy atom. The van der Waals surface area contributed by atoms with Crippen molar-refractivity contribution in [1.82, 2.24) is 0 Å². The first-order valence-electron chi connectivity index (χ1n) is 28.7. The molecule has 17 N–H and O–H groups in total. The molecule has 0 saturated heterocycles. The molecule has 0 aliphatic rings. The number of guanidine groups is 1. The number of aliphatic carboxylic acids is 1. The summed E-state index contributed by atoms with van der Waals surface area (Å²) >= 11 is 0. The van der Waals surface area contributed by atoms with Gasteiger partial charge in [-0.05, 0) is 71.1 Å². The summed E-state index contributed by atoms with van der Waals surface area (Å²) in [7, 11) is -4.95. The lowest BCUT2D eigenvalue weighted by atomic mass is 9.88. The number of carboxylic acids is 1. The fourth-order valence-corrected chi connectivity index (χ4v) is 8.63. The van der Waals surface area contributed by atoms with Crippen molar-refractivity contribution in [1.29, 1.82) is 0 Å². The maximum absolute atomic E-state index is 13.1. The molecule has 0 aromatic carbocycles. The molecule has 0 saturated carbocycles. The standard InChI is InChI=1S/C63H99N3O18S/c1-45(27-19-15-11-10-12-16-20-28-46(2)62(79)80)61(78)48(4)58(76)36-21-17-13-8-6-5-7-9-14-18-22-37-60(84-85(81,82)83)47(3)59(77)44-57(75)43-54(72)34-25-30-50(68)39-49(67)29-23-32-52(70)41-56(74)42-53(71)33-24-31-51(69)40-55(73)35-26-38-66-63(64)65/h5-10,12-14,16-25,27-29,33-34,36,45,47-58,60-61,67-76,78H,11,15,26,30-32,35,37-44H2,1-4H3,(H,79,80)(H4,64,65,66)(H,81,82,83)/b7-5+,8-6+,12-10+,14-9+,17-13+,20-16+,22-18+,27-19+,29-23+,33-24+,34-25+,36-21+,46-28+. The molecule has 480 valence electrons. The molecule has 15 atom stereocenters. The first-order chi connectivity index (χ1) is 40.1. The van der Waals surface area contributed by atoms with Crippen LogP contribution >= 0.6 is 0 Å². The second-order valence-electron chi connectivity index (χ2n) is 21.0. The zero-order valence-electron chi connectivity index (χ0n) is 49.6. The van der Waals surface area contributed by atoms with Gasteiger partial charge >= 0.3 is 16.4 Å². The molecule has 0 fully saturated rings. The topological polar surface area (TPSA) is 405 Å². The number of nitrogens with two attached hydrogens (primary N) is 2. The molecule has 0 aliphatic heterocycles. The van der Waals surface area contributed by atoms with Gasteiger partial charge in [0.15, 0.2) is 5.96 Å². The summed E-state index contributed by atoms with van der Waals surface area (Å²) in [6, 6.07) is 0. The number of nitrogens with zero attached hydrogens (tertiary/aromatic N) is 1. The van der Waals surface area contributed by atoms with E-state index >= 15 is 0 Å². The fourth-order valence-electron chi connectivity index (χ4n) is 8.07. The highest BCUT2D eigenvalue weighted by Gasteiger charge is 2.30. The van der Waals surface area contributed by atoms with Gasteiger partial charge in [0.2, 0.25) is 0 Å². The largest absolute Gasteiger partial charge is 0.478 e. The van der Waals surface area contributed by atoms with E-state index < -0.39 is 114 Å². The Labute approximate surface area is 503 Å². The van der Waals surface area contributed by atoms with Crippen LogP contribution in [-0.4, -0.2) is 172 Å². The lowest BCUT2D eigenvalue weighted by Gasteiger charge is -2.25. The number of ketones is 1. The van der Waals surface area contributed by atoms with Gasteiger partial charge in [-0.15, -0.1) is 0 Å². The molecule has 0 aliphatic carbocycles. The van der Waals surface area contributed by atoms with Crippen molar-refractivity contribution in [3.05, 3.63) is 157 Å². The van der Waals surface area contributed by atoms with E-state index in [1.54, 1.807) is 92.0 Å². The van der Waals surface area contributed by atoms with Gasteiger partial charge in [-0.3, -0.25) is 14.3 Å². The number of hydrogen-bond donors (Lipinski definition) is 15. The van der Waals surface area contributed by atoms with Crippen molar-refractivity contribution in [2.45, 2.75) is 191 Å². The summed E-state index contributed by atoms with van der Waals surface area (Å²) in [5, 5.41) is 123. The van der Waals surface area contributed by atoms with Gasteiger partial charge in [0, 0.05) is 55.6 Å². The molecule has 0 aromatic heterocycles. The van der Waals surface area contributed by atoms with Crippen LogP contribution in [0.3, 0.4) is 0 Å². The Morgan fingerprint density at radius 1 is 0.529 bits per heavy atom. The molecule has 0 radical (unpaired) electrons. The van der Waals surface area contributed by atoms with Crippen molar-refractivity contribution in [2.24, 2.45) is 34.2 Å². The summed E-state index contributed by atoms with van der Waals surface area (Å²) in [4.78, 5) is 27.7. The zero-order chi connectivity index (χ0) is 64.2. The van der Waals surface area contributed by atoms with Crippen molar-refractivity contribution in [3.63, 3.8) is 0 Å². The van der Waals surface area contributed by atoms with Gasteiger partial charge in [0.05, 0.1) is 73.2 Å². The predicted molar refractivity (Wildman–Crippen MR) is 331 cm³/mol. The predicted octanol–water partition coefficient (Wildman–Crippen LogP) is 5.06. The van der Waals surface area contributed by atoms with Crippen LogP contribution in [0.15, 0.2) is 162 Å². The number of carbonyl (C=O) groups is 2. The molecule has 0 amide bonds. The Kier molecular flexibility index (Phi) is 44.5. The van der Waals surface area contributed by atoms with Crippen LogP contribution < -0.4 is 11.5 Å². The Morgan fingerprint density at radius 2 is 0.988 bits per heavy atom. The highest BCUT2D eigenvalue weighted by molar-refractivity contribution is 7.80. The average Bonchev–Trinajstić information content (AvgIpc) is 3.53. The highest BCUT2D eigenvalue weighted by atomic mass is 32.3. The number of carbonyl (C=O) groups excluding carboxylic acids is 1. The van der Waals surface area contributed by atoms with Gasteiger partial charge < -0.3 is 72.7 Å². The number of rotatable bonds is 47. The Balaban J connectivity index is 4.79. The monoisotopic (exact) mass is 1220 g/mol. The number of aliphatic imine (C=N–C) groups is 1. The van der Waals surface area contributed by atoms with Gasteiger partial charge in [-0.25, -0.2) is 8.98 Å². The highest BCUT2D eigenvalue weighted by Crippen LogP contribution is 2.21. The van der Waals surface area contributed by atoms with E-state index in [0.717, 1.165) is 12.8 Å². The molecule has 0 heterocycles. The van der Waals surface area contributed by atoms with Gasteiger partial charge in [-0.2, -0.15) is 8.42 Å². The van der Waals surface area contributed by atoms with E-state index in [1.807, 2.05) is 31.2 Å². The molecule has 22 heteroatoms. The number of Topliss-reactive ketones (excluding diaryl/α,β-unsaturated/α-hetero) is 1. The van der Waals surface area contributed by atoms with Crippen LogP contribution in [0, 0.1) is 17.8 Å². The number of unbranched alkanes of at least 4 members (excludes halogenated alkanes) is 1. The quantitative estimate of drug-likeness (QED) is 0.00720. The molecule has 0 rings (SSSR count). The van der Waals surface area contributed by atoms with E-state index in [1.165, 1.54) is 56.4 Å². The maximum atomic E-state index is 13.1. The van der Waals surface area contributed by atoms with Crippen molar-refractivity contribution < 1.29 is 88.0 Å². The number of hydrogen-bond acceptors (Lipinski definition) is 17. The minimum absolute atomic E-state index is 0.0200. The third-order valence-corrected chi connectivity index (χ3v) is 13.6. The molecular formula is C63H99N3O18S. The van der Waals surface area contributed by atoms with E-state index in [9.17, 15) is 78.7 Å². The molecule has 85 heavy (non-hydrogen) atoms. The van der Waals surface area contributed by atoms with Crippen molar-refractivity contribution >= 4 is 28.1 Å². The van der Waals surface area contributed by atoms with Gasteiger partial charge in [0.1, 0.15) is 5.78 Å². The van der Waals surface area contributed by atoms with Gasteiger partial charge in [0.25, 0.3) is 0 Å². The SMILES string of the molecule is C\C(=C/C=C/C=C/CC/C=C/C(C)C(O)C(C)C(O)/C=C/C=C/C=C/C=C/C=C/C=C/CC(OS(=O)(=O)O)C(C)C(=O)CC(O)CC(O)/C=C/CC(O)CC(O)/C=C/CC(O)CC(O)CC(O)/C=C/CC(O)CC(O)CCCN=C(N)N)C(=O)O. The van der Waals surface area contributed by atoms with Crippen LogP contribution in [0.2, 0.25) is 0 Å². The summed E-state index contributed by atoms with van der Waals surface area (Å²) < 4.78 is 37.4. The van der Waals surface area contributed by atoms with E-state index in [0.29, 0.717) is 19.4 Å². The zero-order valence-corrected chi connectivity index (χ0v) is 50.4. The summed E-state index contributed by atoms with van der Waals surface area (Å²) in [5.74, 6) is -3.28. The minimum atomic E-state index is -4.95. The number of aliphatic hydroxyl groups is 11. The minimum Gasteiger partial charge on any atom is -0.478 e. The van der Waals surface area contributed by atoms with E-state index in [4.69, 9.17) is 20.8 Å². The van der Waals surface area contributed by atoms with Crippen LogP contribution in [0.5, 0.6) is 0 Å². The molecule has 0 spiro atoms. The summed E-state index contributed by atoms with van der Waals surface area (Å²) in [6.45, 7) is 6.93. The van der Waals surface area contributed by atoms with Crippen LogP contribution in [0.25, 0.3) is 0 Å². The normalized spacial score (nSPS) is 18.9. The van der Waals surface area contributed by atoms with Crippen LogP contribution in [-0.2, 0) is 24.2 Å². The Hall–Kier alpha value is -5.54. The third kappa shape index (κ3) is 45.4.